The number of hydrogen-bond donors (Lipinski definition) is 1. The first-order valence-corrected chi connectivity index (χ1v) is 10.4. The van der Waals surface area contributed by atoms with Crippen molar-refractivity contribution in [1.29, 1.82) is 5.26 Å². The summed E-state index contributed by atoms with van der Waals surface area (Å²) < 4.78 is 11.4. The van der Waals surface area contributed by atoms with Crippen LogP contribution in [0.15, 0.2) is 60.1 Å². The lowest BCUT2D eigenvalue weighted by molar-refractivity contribution is -0.148. The number of carbonyl (C=O) groups excluding carboxylic acids is 2. The number of anilines is 1. The lowest BCUT2D eigenvalue weighted by Gasteiger charge is -2.31. The number of nitrogens with zero attached hydrogens (tertiary/aromatic N) is 3. The summed E-state index contributed by atoms with van der Waals surface area (Å²) in [6, 6.07) is 15.8. The van der Waals surface area contributed by atoms with Gasteiger partial charge in [-0.3, -0.25) is 9.59 Å². The average molecular weight is 434 g/mol. The Balaban J connectivity index is 1.42. The number of thiazole rings is 1. The van der Waals surface area contributed by atoms with Gasteiger partial charge in [0.25, 0.3) is 0 Å². The molecular formula is C22H18N4O4S. The first-order chi connectivity index (χ1) is 15.1. The van der Waals surface area contributed by atoms with Crippen molar-refractivity contribution in [2.75, 3.05) is 25.0 Å². The fourth-order valence-corrected chi connectivity index (χ4v) is 3.78. The molecule has 0 aliphatic carbocycles. The van der Waals surface area contributed by atoms with Crippen LogP contribution in [0.25, 0.3) is 0 Å². The van der Waals surface area contributed by atoms with E-state index < -0.39 is 11.8 Å². The third-order valence-corrected chi connectivity index (χ3v) is 5.47. The molecule has 8 nitrogen and oxygen atoms in total. The molecule has 1 aliphatic heterocycles. The third-order valence-electron chi connectivity index (χ3n) is 4.60. The van der Waals surface area contributed by atoms with Crippen LogP contribution in [-0.4, -0.2) is 41.4 Å². The number of nitrogens with one attached hydrogen (secondary N) is 1. The molecule has 1 N–H and O–H groups in total. The summed E-state index contributed by atoms with van der Waals surface area (Å²) >= 11 is 1.44. The van der Waals surface area contributed by atoms with Gasteiger partial charge in [-0.25, -0.2) is 4.98 Å². The number of nitriles is 1. The minimum Gasteiger partial charge on any atom is -0.456 e. The Labute approximate surface area is 182 Å². The molecule has 156 valence electrons. The molecule has 0 bridgehead atoms. The Morgan fingerprint density at radius 1 is 1.26 bits per heavy atom. The van der Waals surface area contributed by atoms with E-state index in [4.69, 9.17) is 9.47 Å². The molecule has 2 heterocycles. The number of aromatic nitrogens is 1. The zero-order valence-corrected chi connectivity index (χ0v) is 17.2. The van der Waals surface area contributed by atoms with Crippen LogP contribution < -0.4 is 10.1 Å². The second kappa shape index (κ2) is 9.38. The monoisotopic (exact) mass is 434 g/mol. The minimum absolute atomic E-state index is 0.240. The largest absolute Gasteiger partial charge is 0.456 e. The van der Waals surface area contributed by atoms with Gasteiger partial charge in [-0.1, -0.05) is 18.2 Å². The molecule has 1 saturated heterocycles. The number of rotatable bonds is 4. The van der Waals surface area contributed by atoms with Crippen molar-refractivity contribution in [3.63, 3.8) is 0 Å². The van der Waals surface area contributed by atoms with Gasteiger partial charge in [-0.15, -0.1) is 11.3 Å². The van der Waals surface area contributed by atoms with Crippen LogP contribution in [0.2, 0.25) is 0 Å². The molecule has 4 rings (SSSR count). The molecular weight excluding hydrogens is 416 g/mol. The predicted octanol–water partition coefficient (Wildman–Crippen LogP) is 3.35. The second-order valence-corrected chi connectivity index (χ2v) is 7.60. The number of amides is 2. The van der Waals surface area contributed by atoms with Crippen LogP contribution in [0.5, 0.6) is 11.5 Å². The molecule has 31 heavy (non-hydrogen) atoms. The van der Waals surface area contributed by atoms with Crippen LogP contribution in [-0.2, 0) is 14.3 Å². The SMILES string of the molecule is N#Cc1cc(NC(=O)C(=O)N2CCOC(c3nccs3)C2)ccc1Oc1ccccc1. The highest BCUT2D eigenvalue weighted by Gasteiger charge is 2.30. The third kappa shape index (κ3) is 4.88. The summed E-state index contributed by atoms with van der Waals surface area (Å²) in [6.45, 7) is 0.905. The Kier molecular flexibility index (Phi) is 6.21. The zero-order valence-electron chi connectivity index (χ0n) is 16.4. The van der Waals surface area contributed by atoms with Crippen molar-refractivity contribution in [1.82, 2.24) is 9.88 Å². The van der Waals surface area contributed by atoms with Gasteiger partial charge < -0.3 is 19.7 Å². The predicted molar refractivity (Wildman–Crippen MR) is 114 cm³/mol. The van der Waals surface area contributed by atoms with E-state index >= 15 is 0 Å². The Morgan fingerprint density at radius 3 is 2.84 bits per heavy atom. The highest BCUT2D eigenvalue weighted by molar-refractivity contribution is 7.09. The van der Waals surface area contributed by atoms with E-state index in [1.807, 2.05) is 29.6 Å². The number of morpholine rings is 1. The van der Waals surface area contributed by atoms with Gasteiger partial charge in [0.2, 0.25) is 0 Å². The lowest BCUT2D eigenvalue weighted by Crippen LogP contribution is -2.46. The van der Waals surface area contributed by atoms with Gasteiger partial charge in [0, 0.05) is 23.8 Å². The molecule has 0 radical (unpaired) electrons. The quantitative estimate of drug-likeness (QED) is 0.632. The molecule has 1 fully saturated rings. The van der Waals surface area contributed by atoms with Crippen LogP contribution in [0.4, 0.5) is 5.69 Å². The normalized spacial score (nSPS) is 15.7. The van der Waals surface area contributed by atoms with Crippen molar-refractivity contribution in [3.05, 3.63) is 70.7 Å². The standard InChI is InChI=1S/C22H18N4O4S/c23-13-15-12-16(6-7-18(15)30-17-4-2-1-3-5-17)25-20(27)22(28)26-9-10-29-19(14-26)21-24-8-11-31-21/h1-8,11-12,19H,9-10,14H2,(H,25,27). The minimum atomic E-state index is -0.777. The highest BCUT2D eigenvalue weighted by atomic mass is 32.1. The molecule has 1 aromatic heterocycles. The van der Waals surface area contributed by atoms with Crippen LogP contribution in [0.3, 0.4) is 0 Å². The fourth-order valence-electron chi connectivity index (χ4n) is 3.10. The second-order valence-electron chi connectivity index (χ2n) is 6.67. The fraction of sp³-hybridized carbons (Fsp3) is 0.182. The molecule has 2 amide bonds. The summed E-state index contributed by atoms with van der Waals surface area (Å²) in [5.41, 5.74) is 0.573. The summed E-state index contributed by atoms with van der Waals surface area (Å²) in [7, 11) is 0. The number of hydrogen-bond acceptors (Lipinski definition) is 7. The molecule has 9 heteroatoms. The number of ether oxygens (including phenoxy) is 2. The van der Waals surface area contributed by atoms with E-state index in [1.54, 1.807) is 30.5 Å². The van der Waals surface area contributed by atoms with E-state index in [1.165, 1.54) is 22.3 Å². The first-order valence-electron chi connectivity index (χ1n) is 9.52. The first kappa shape index (κ1) is 20.5. The van der Waals surface area contributed by atoms with Crippen molar-refractivity contribution >= 4 is 28.8 Å². The highest BCUT2D eigenvalue weighted by Crippen LogP contribution is 2.28. The van der Waals surface area contributed by atoms with Crippen LogP contribution in [0, 0.1) is 11.3 Å². The number of carbonyl (C=O) groups is 2. The topological polar surface area (TPSA) is 105 Å². The van der Waals surface area contributed by atoms with Gasteiger partial charge in [0.05, 0.1) is 18.7 Å². The van der Waals surface area contributed by atoms with Gasteiger partial charge in [-0.2, -0.15) is 5.26 Å². The van der Waals surface area contributed by atoms with Gasteiger partial charge in [0.1, 0.15) is 28.7 Å². The maximum atomic E-state index is 12.6. The zero-order chi connectivity index (χ0) is 21.6. The molecule has 1 unspecified atom stereocenters. The maximum absolute atomic E-state index is 12.6. The molecule has 0 spiro atoms. The Morgan fingerprint density at radius 2 is 2.10 bits per heavy atom. The van der Waals surface area contributed by atoms with E-state index in [9.17, 15) is 14.9 Å². The number of para-hydroxylation sites is 1. The van der Waals surface area contributed by atoms with Gasteiger partial charge >= 0.3 is 11.8 Å². The molecule has 0 saturated carbocycles. The number of benzene rings is 2. The van der Waals surface area contributed by atoms with E-state index in [0.29, 0.717) is 30.3 Å². The van der Waals surface area contributed by atoms with E-state index in [-0.39, 0.29) is 18.2 Å². The lowest BCUT2D eigenvalue weighted by atomic mass is 10.2. The molecule has 3 aromatic rings. The van der Waals surface area contributed by atoms with Crippen molar-refractivity contribution in [2.45, 2.75) is 6.10 Å². The molecule has 2 aromatic carbocycles. The Hall–Kier alpha value is -3.74. The van der Waals surface area contributed by atoms with Crippen molar-refractivity contribution in [2.24, 2.45) is 0 Å². The van der Waals surface area contributed by atoms with E-state index in [0.717, 1.165) is 5.01 Å². The van der Waals surface area contributed by atoms with Crippen molar-refractivity contribution < 1.29 is 19.1 Å². The summed E-state index contributed by atoms with van der Waals surface area (Å²) in [6.07, 6.45) is 1.33. The summed E-state index contributed by atoms with van der Waals surface area (Å²) in [5, 5.41) is 14.6. The average Bonchev–Trinajstić information content (AvgIpc) is 3.35. The van der Waals surface area contributed by atoms with Crippen LogP contribution in [0.1, 0.15) is 16.7 Å². The maximum Gasteiger partial charge on any atom is 0.313 e. The molecule has 1 atom stereocenters. The molecule has 1 aliphatic rings. The summed E-state index contributed by atoms with van der Waals surface area (Å²) in [5.74, 6) is -0.487. The Bertz CT molecular complexity index is 1110. The summed E-state index contributed by atoms with van der Waals surface area (Å²) in [4.78, 5) is 30.8. The smallest absolute Gasteiger partial charge is 0.313 e. The van der Waals surface area contributed by atoms with Gasteiger partial charge in [-0.05, 0) is 30.3 Å². The van der Waals surface area contributed by atoms with E-state index in [2.05, 4.69) is 10.3 Å². The van der Waals surface area contributed by atoms with Crippen molar-refractivity contribution in [3.8, 4) is 17.6 Å². The van der Waals surface area contributed by atoms with Gasteiger partial charge in [0.15, 0.2) is 0 Å². The van der Waals surface area contributed by atoms with Crippen LogP contribution >= 0.6 is 11.3 Å².